The molecule has 1 N–H and O–H groups in total. The number of hydrogen-bond acceptors (Lipinski definition) is 5. The molecule has 2 aromatic rings. The number of carbonyl (C=O) groups excluding carboxylic acids is 2. The van der Waals surface area contributed by atoms with E-state index >= 15 is 0 Å². The molecule has 0 saturated carbocycles. The van der Waals surface area contributed by atoms with E-state index in [2.05, 4.69) is 5.32 Å². The van der Waals surface area contributed by atoms with E-state index in [-0.39, 0.29) is 12.5 Å². The van der Waals surface area contributed by atoms with Gasteiger partial charge in [-0.1, -0.05) is 23.8 Å². The van der Waals surface area contributed by atoms with Gasteiger partial charge < -0.3 is 19.5 Å². The number of nitrogens with one attached hydrogen (secondary N) is 1. The van der Waals surface area contributed by atoms with Crippen LogP contribution in [0.5, 0.6) is 11.5 Å². The van der Waals surface area contributed by atoms with Gasteiger partial charge in [-0.25, -0.2) is 4.79 Å². The minimum absolute atomic E-state index is 0.297. The summed E-state index contributed by atoms with van der Waals surface area (Å²) < 4.78 is 15.3. The molecule has 0 bridgehead atoms. The summed E-state index contributed by atoms with van der Waals surface area (Å²) in [5.41, 5.74) is 2.11. The lowest BCUT2D eigenvalue weighted by Crippen LogP contribution is -2.28. The number of esters is 1. The van der Waals surface area contributed by atoms with Crippen LogP contribution in [-0.4, -0.2) is 32.7 Å². The maximum atomic E-state index is 12.1. The molecule has 0 atom stereocenters. The predicted molar refractivity (Wildman–Crippen MR) is 92.9 cm³/mol. The third-order valence-electron chi connectivity index (χ3n) is 3.56. The number of amides is 1. The summed E-state index contributed by atoms with van der Waals surface area (Å²) in [6, 6.07) is 12.5. The molecular weight excluding hydrogens is 322 g/mol. The van der Waals surface area contributed by atoms with Crippen LogP contribution in [0.3, 0.4) is 0 Å². The van der Waals surface area contributed by atoms with Gasteiger partial charge in [0.25, 0.3) is 5.91 Å². The standard InChI is InChI=1S/C19H21NO5/c1-13-4-9-17(24-3)16(10-13)19(22)25-12-18(21)20-11-14-5-7-15(23-2)8-6-14/h4-10H,11-12H2,1-3H3,(H,20,21). The maximum absolute atomic E-state index is 12.1. The summed E-state index contributed by atoms with van der Waals surface area (Å²) in [5.74, 6) is 0.182. The summed E-state index contributed by atoms with van der Waals surface area (Å²) in [4.78, 5) is 24.0. The fourth-order valence-electron chi connectivity index (χ4n) is 2.19. The normalized spacial score (nSPS) is 10.0. The molecule has 0 heterocycles. The Bertz CT molecular complexity index is 740. The minimum Gasteiger partial charge on any atom is -0.497 e. The van der Waals surface area contributed by atoms with Gasteiger partial charge in [0.15, 0.2) is 6.61 Å². The molecule has 0 aliphatic carbocycles. The Kier molecular flexibility index (Phi) is 6.39. The van der Waals surface area contributed by atoms with Crippen LogP contribution in [0.25, 0.3) is 0 Å². The maximum Gasteiger partial charge on any atom is 0.342 e. The van der Waals surface area contributed by atoms with Crippen molar-refractivity contribution in [3.8, 4) is 11.5 Å². The number of rotatable bonds is 7. The second-order valence-corrected chi connectivity index (χ2v) is 5.40. The first-order valence-electron chi connectivity index (χ1n) is 7.75. The lowest BCUT2D eigenvalue weighted by Gasteiger charge is -2.10. The van der Waals surface area contributed by atoms with Crippen LogP contribution in [0.1, 0.15) is 21.5 Å². The number of hydrogen-bond donors (Lipinski definition) is 1. The molecule has 1 amide bonds. The predicted octanol–water partition coefficient (Wildman–Crippen LogP) is 2.49. The van der Waals surface area contributed by atoms with Gasteiger partial charge in [-0.2, -0.15) is 0 Å². The van der Waals surface area contributed by atoms with Crippen LogP contribution in [0.15, 0.2) is 42.5 Å². The topological polar surface area (TPSA) is 73.9 Å². The molecule has 0 radical (unpaired) electrons. The summed E-state index contributed by atoms with van der Waals surface area (Å²) in [5, 5.41) is 2.70. The van der Waals surface area contributed by atoms with E-state index in [0.29, 0.717) is 17.9 Å². The molecule has 2 rings (SSSR count). The molecule has 132 valence electrons. The number of carbonyl (C=O) groups is 2. The largest absolute Gasteiger partial charge is 0.497 e. The third kappa shape index (κ3) is 5.24. The van der Waals surface area contributed by atoms with Crippen molar-refractivity contribution in [1.29, 1.82) is 0 Å². The van der Waals surface area contributed by atoms with E-state index < -0.39 is 5.97 Å². The van der Waals surface area contributed by atoms with E-state index in [1.54, 1.807) is 19.2 Å². The molecule has 6 nitrogen and oxygen atoms in total. The highest BCUT2D eigenvalue weighted by atomic mass is 16.5. The Balaban J connectivity index is 1.85. The summed E-state index contributed by atoms with van der Waals surface area (Å²) in [6.45, 7) is 1.85. The lowest BCUT2D eigenvalue weighted by molar-refractivity contribution is -0.124. The number of benzene rings is 2. The van der Waals surface area contributed by atoms with E-state index in [9.17, 15) is 9.59 Å². The van der Waals surface area contributed by atoms with Crippen molar-refractivity contribution in [3.63, 3.8) is 0 Å². The molecule has 0 saturated heterocycles. The lowest BCUT2D eigenvalue weighted by atomic mass is 10.1. The van der Waals surface area contributed by atoms with Crippen molar-refractivity contribution in [2.24, 2.45) is 0 Å². The molecule has 0 spiro atoms. The fraction of sp³-hybridized carbons (Fsp3) is 0.263. The average Bonchev–Trinajstić information content (AvgIpc) is 2.64. The van der Waals surface area contributed by atoms with Gasteiger partial charge in [0.05, 0.1) is 14.2 Å². The molecule has 0 fully saturated rings. The second-order valence-electron chi connectivity index (χ2n) is 5.40. The molecule has 0 aliphatic heterocycles. The highest BCUT2D eigenvalue weighted by Crippen LogP contribution is 2.20. The van der Waals surface area contributed by atoms with Gasteiger partial charge in [-0.05, 0) is 36.8 Å². The first-order valence-corrected chi connectivity index (χ1v) is 7.75. The zero-order valence-electron chi connectivity index (χ0n) is 14.5. The Morgan fingerprint density at radius 2 is 1.72 bits per heavy atom. The highest BCUT2D eigenvalue weighted by molar-refractivity contribution is 5.94. The molecular formula is C19H21NO5. The number of ether oxygens (including phenoxy) is 3. The molecule has 25 heavy (non-hydrogen) atoms. The summed E-state index contributed by atoms with van der Waals surface area (Å²) in [6.07, 6.45) is 0. The molecule has 0 aromatic heterocycles. The smallest absolute Gasteiger partial charge is 0.342 e. The van der Waals surface area contributed by atoms with Crippen molar-refractivity contribution in [1.82, 2.24) is 5.32 Å². The van der Waals surface area contributed by atoms with Crippen molar-refractivity contribution in [2.45, 2.75) is 13.5 Å². The van der Waals surface area contributed by atoms with E-state index in [1.807, 2.05) is 37.3 Å². The molecule has 6 heteroatoms. The van der Waals surface area contributed by atoms with Gasteiger partial charge in [0.1, 0.15) is 17.1 Å². The Hall–Kier alpha value is -3.02. The quantitative estimate of drug-likeness (QED) is 0.782. The Labute approximate surface area is 146 Å². The molecule has 2 aromatic carbocycles. The van der Waals surface area contributed by atoms with Gasteiger partial charge in [0, 0.05) is 6.54 Å². The SMILES string of the molecule is COc1ccc(CNC(=O)COC(=O)c2cc(C)ccc2OC)cc1. The van der Waals surface area contributed by atoms with Crippen molar-refractivity contribution in [3.05, 3.63) is 59.2 Å². The molecule has 0 aliphatic rings. The van der Waals surface area contributed by atoms with Crippen LogP contribution < -0.4 is 14.8 Å². The van der Waals surface area contributed by atoms with Crippen LogP contribution >= 0.6 is 0 Å². The molecule has 0 unspecified atom stereocenters. The summed E-state index contributed by atoms with van der Waals surface area (Å²) >= 11 is 0. The monoisotopic (exact) mass is 343 g/mol. The fourth-order valence-corrected chi connectivity index (χ4v) is 2.19. The van der Waals surface area contributed by atoms with Crippen LogP contribution in [0.4, 0.5) is 0 Å². The average molecular weight is 343 g/mol. The first kappa shape index (κ1) is 18.3. The van der Waals surface area contributed by atoms with Crippen LogP contribution in [0.2, 0.25) is 0 Å². The Morgan fingerprint density at radius 1 is 1.00 bits per heavy atom. The summed E-state index contributed by atoms with van der Waals surface area (Å²) in [7, 11) is 3.07. The van der Waals surface area contributed by atoms with Crippen LogP contribution in [0, 0.1) is 6.92 Å². The van der Waals surface area contributed by atoms with Crippen molar-refractivity contribution >= 4 is 11.9 Å². The number of methoxy groups -OCH3 is 2. The van der Waals surface area contributed by atoms with E-state index in [0.717, 1.165) is 16.9 Å². The second kappa shape index (κ2) is 8.73. The van der Waals surface area contributed by atoms with Gasteiger partial charge in [-0.15, -0.1) is 0 Å². The first-order chi connectivity index (χ1) is 12.0. The Morgan fingerprint density at radius 3 is 2.36 bits per heavy atom. The highest BCUT2D eigenvalue weighted by Gasteiger charge is 2.15. The minimum atomic E-state index is -0.597. The van der Waals surface area contributed by atoms with Gasteiger partial charge in [-0.3, -0.25) is 4.79 Å². The van der Waals surface area contributed by atoms with E-state index in [4.69, 9.17) is 14.2 Å². The zero-order chi connectivity index (χ0) is 18.2. The van der Waals surface area contributed by atoms with Crippen molar-refractivity contribution in [2.75, 3.05) is 20.8 Å². The van der Waals surface area contributed by atoms with Gasteiger partial charge in [0.2, 0.25) is 0 Å². The van der Waals surface area contributed by atoms with E-state index in [1.165, 1.54) is 7.11 Å². The van der Waals surface area contributed by atoms with Gasteiger partial charge >= 0.3 is 5.97 Å². The van der Waals surface area contributed by atoms with Crippen molar-refractivity contribution < 1.29 is 23.8 Å². The zero-order valence-corrected chi connectivity index (χ0v) is 14.5. The number of aryl methyl sites for hydroxylation is 1. The van der Waals surface area contributed by atoms with Crippen LogP contribution in [-0.2, 0) is 16.1 Å². The third-order valence-corrected chi connectivity index (χ3v) is 3.56.